The van der Waals surface area contributed by atoms with E-state index in [9.17, 15) is 8.78 Å². The van der Waals surface area contributed by atoms with E-state index in [0.717, 1.165) is 25.3 Å². The first-order chi connectivity index (χ1) is 8.13. The number of hydrogen-bond acceptors (Lipinski definition) is 3. The van der Waals surface area contributed by atoms with Gasteiger partial charge in [0.1, 0.15) is 0 Å². The van der Waals surface area contributed by atoms with Crippen LogP contribution in [0.15, 0.2) is 18.2 Å². The molecule has 1 fully saturated rings. The van der Waals surface area contributed by atoms with Gasteiger partial charge in [-0.2, -0.15) is 0 Å². The minimum atomic E-state index is -0.867. The molecule has 5 heteroatoms. The number of hydrazine groups is 1. The van der Waals surface area contributed by atoms with E-state index in [4.69, 9.17) is 10.6 Å². The Kier molecular flexibility index (Phi) is 3.42. The summed E-state index contributed by atoms with van der Waals surface area (Å²) in [6.07, 6.45) is 2.77. The lowest BCUT2D eigenvalue weighted by molar-refractivity contribution is -0.0999. The molecule has 3 nitrogen and oxygen atoms in total. The van der Waals surface area contributed by atoms with Crippen molar-refractivity contribution in [2.45, 2.75) is 30.9 Å². The van der Waals surface area contributed by atoms with Crippen LogP contribution in [0.4, 0.5) is 8.78 Å². The fourth-order valence-corrected chi connectivity index (χ4v) is 2.38. The maximum Gasteiger partial charge on any atom is 0.159 e. The zero-order valence-corrected chi connectivity index (χ0v) is 9.67. The molecule has 1 saturated carbocycles. The second-order valence-electron chi connectivity index (χ2n) is 4.40. The second kappa shape index (κ2) is 4.68. The SMILES string of the molecule is COC1(C(NN)c2ccc(F)c(F)c2)CCC1. The zero-order chi connectivity index (χ0) is 12.5. The Morgan fingerprint density at radius 1 is 1.35 bits per heavy atom. The lowest BCUT2D eigenvalue weighted by Gasteiger charge is -2.46. The minimum Gasteiger partial charge on any atom is -0.376 e. The number of methoxy groups -OCH3 is 1. The maximum absolute atomic E-state index is 13.2. The van der Waals surface area contributed by atoms with E-state index in [0.29, 0.717) is 5.56 Å². The standard InChI is InChI=1S/C12H16F2N2O/c1-17-12(5-2-6-12)11(16-15)8-3-4-9(13)10(14)7-8/h3-4,7,11,16H,2,5-6,15H2,1H3. The van der Waals surface area contributed by atoms with Crippen molar-refractivity contribution in [2.24, 2.45) is 5.84 Å². The lowest BCUT2D eigenvalue weighted by atomic mass is 9.72. The molecule has 0 radical (unpaired) electrons. The lowest BCUT2D eigenvalue weighted by Crippen LogP contribution is -2.52. The van der Waals surface area contributed by atoms with Crippen molar-refractivity contribution >= 4 is 0 Å². The van der Waals surface area contributed by atoms with E-state index in [-0.39, 0.29) is 6.04 Å². The summed E-state index contributed by atoms with van der Waals surface area (Å²) in [4.78, 5) is 0. The van der Waals surface area contributed by atoms with Crippen molar-refractivity contribution in [2.75, 3.05) is 7.11 Å². The number of nitrogens with two attached hydrogens (primary N) is 1. The topological polar surface area (TPSA) is 47.3 Å². The number of ether oxygens (including phenoxy) is 1. The van der Waals surface area contributed by atoms with Crippen LogP contribution in [0.2, 0.25) is 0 Å². The monoisotopic (exact) mass is 242 g/mol. The first-order valence-corrected chi connectivity index (χ1v) is 5.59. The molecule has 0 aromatic heterocycles. The molecule has 0 aliphatic heterocycles. The second-order valence-corrected chi connectivity index (χ2v) is 4.40. The van der Waals surface area contributed by atoms with Crippen molar-refractivity contribution < 1.29 is 13.5 Å². The molecule has 17 heavy (non-hydrogen) atoms. The molecule has 0 heterocycles. The van der Waals surface area contributed by atoms with Crippen molar-refractivity contribution in [1.29, 1.82) is 0 Å². The van der Waals surface area contributed by atoms with Crippen molar-refractivity contribution in [3.05, 3.63) is 35.4 Å². The molecule has 0 amide bonds. The Bertz CT molecular complexity index is 402. The molecule has 1 unspecified atom stereocenters. The number of halogens is 2. The van der Waals surface area contributed by atoms with Gasteiger partial charge in [-0.15, -0.1) is 0 Å². The van der Waals surface area contributed by atoms with E-state index >= 15 is 0 Å². The van der Waals surface area contributed by atoms with E-state index in [1.165, 1.54) is 12.1 Å². The highest BCUT2D eigenvalue weighted by Gasteiger charge is 2.45. The van der Waals surface area contributed by atoms with Gasteiger partial charge in [-0.05, 0) is 37.0 Å². The van der Waals surface area contributed by atoms with E-state index in [1.807, 2.05) is 0 Å². The Morgan fingerprint density at radius 3 is 2.47 bits per heavy atom. The Morgan fingerprint density at radius 2 is 2.06 bits per heavy atom. The first-order valence-electron chi connectivity index (χ1n) is 5.59. The summed E-state index contributed by atoms with van der Waals surface area (Å²) in [6.45, 7) is 0. The largest absolute Gasteiger partial charge is 0.376 e. The predicted molar refractivity (Wildman–Crippen MR) is 60.0 cm³/mol. The predicted octanol–water partition coefficient (Wildman–Crippen LogP) is 2.04. The average Bonchev–Trinajstić information content (AvgIpc) is 2.27. The van der Waals surface area contributed by atoms with Gasteiger partial charge < -0.3 is 4.74 Å². The molecule has 94 valence electrons. The summed E-state index contributed by atoms with van der Waals surface area (Å²) in [7, 11) is 1.61. The summed E-state index contributed by atoms with van der Waals surface area (Å²) >= 11 is 0. The van der Waals surface area contributed by atoms with Crippen LogP contribution in [-0.4, -0.2) is 12.7 Å². The summed E-state index contributed by atoms with van der Waals surface area (Å²) < 4.78 is 31.6. The molecule has 0 saturated heterocycles. The number of rotatable bonds is 4. The van der Waals surface area contributed by atoms with Crippen LogP contribution >= 0.6 is 0 Å². The molecule has 1 aliphatic carbocycles. The zero-order valence-electron chi connectivity index (χ0n) is 9.67. The van der Waals surface area contributed by atoms with Gasteiger partial charge in [0, 0.05) is 7.11 Å². The van der Waals surface area contributed by atoms with Gasteiger partial charge in [-0.1, -0.05) is 6.07 Å². The number of hydrogen-bond donors (Lipinski definition) is 2. The smallest absolute Gasteiger partial charge is 0.159 e. The minimum absolute atomic E-state index is 0.323. The van der Waals surface area contributed by atoms with Gasteiger partial charge in [0.05, 0.1) is 11.6 Å². The molecule has 0 bridgehead atoms. The normalized spacial score (nSPS) is 19.8. The average molecular weight is 242 g/mol. The number of nitrogens with one attached hydrogen (secondary N) is 1. The molecular weight excluding hydrogens is 226 g/mol. The van der Waals surface area contributed by atoms with Crippen LogP contribution in [0.1, 0.15) is 30.9 Å². The van der Waals surface area contributed by atoms with Crippen LogP contribution in [0.5, 0.6) is 0 Å². The van der Waals surface area contributed by atoms with Crippen LogP contribution in [0.25, 0.3) is 0 Å². The maximum atomic E-state index is 13.2. The van der Waals surface area contributed by atoms with Gasteiger partial charge in [0.25, 0.3) is 0 Å². The van der Waals surface area contributed by atoms with Crippen molar-refractivity contribution in [3.8, 4) is 0 Å². The van der Waals surface area contributed by atoms with Gasteiger partial charge in [-0.25, -0.2) is 8.78 Å². The van der Waals surface area contributed by atoms with Crippen LogP contribution in [-0.2, 0) is 4.74 Å². The van der Waals surface area contributed by atoms with Gasteiger partial charge in [0.15, 0.2) is 11.6 Å². The van der Waals surface area contributed by atoms with Crippen LogP contribution in [0.3, 0.4) is 0 Å². The third-order valence-electron chi connectivity index (χ3n) is 3.58. The number of benzene rings is 1. The molecule has 2 rings (SSSR count). The summed E-state index contributed by atoms with van der Waals surface area (Å²) in [5, 5.41) is 0. The quantitative estimate of drug-likeness (QED) is 0.627. The fraction of sp³-hybridized carbons (Fsp3) is 0.500. The van der Waals surface area contributed by atoms with Gasteiger partial charge in [-0.3, -0.25) is 11.3 Å². The molecule has 1 atom stereocenters. The highest BCUT2D eigenvalue weighted by atomic mass is 19.2. The third kappa shape index (κ3) is 2.06. The molecule has 3 N–H and O–H groups in total. The highest BCUT2D eigenvalue weighted by Crippen LogP contribution is 2.44. The van der Waals surface area contributed by atoms with E-state index in [1.54, 1.807) is 7.11 Å². The van der Waals surface area contributed by atoms with Crippen molar-refractivity contribution in [3.63, 3.8) is 0 Å². The van der Waals surface area contributed by atoms with Gasteiger partial charge >= 0.3 is 0 Å². The molecular formula is C12H16F2N2O. The van der Waals surface area contributed by atoms with E-state index < -0.39 is 17.2 Å². The Hall–Kier alpha value is -1.04. The summed E-state index contributed by atoms with van der Waals surface area (Å²) in [5.41, 5.74) is 2.85. The Labute approximate surface area is 98.9 Å². The molecule has 1 aliphatic rings. The highest BCUT2D eigenvalue weighted by molar-refractivity contribution is 5.25. The van der Waals surface area contributed by atoms with Crippen molar-refractivity contribution in [1.82, 2.24) is 5.43 Å². The van der Waals surface area contributed by atoms with E-state index in [2.05, 4.69) is 5.43 Å². The summed E-state index contributed by atoms with van der Waals surface area (Å²) in [5.74, 6) is 3.79. The first kappa shape index (κ1) is 12.4. The third-order valence-corrected chi connectivity index (χ3v) is 3.58. The Balaban J connectivity index is 2.31. The van der Waals surface area contributed by atoms with Crippen LogP contribution in [0, 0.1) is 11.6 Å². The van der Waals surface area contributed by atoms with Gasteiger partial charge in [0.2, 0.25) is 0 Å². The molecule has 1 aromatic rings. The molecule has 1 aromatic carbocycles. The molecule has 0 spiro atoms. The van der Waals surface area contributed by atoms with Crippen LogP contribution < -0.4 is 11.3 Å². The summed E-state index contributed by atoms with van der Waals surface area (Å²) in [6, 6.07) is 3.48. The fourth-order valence-electron chi connectivity index (χ4n) is 2.38.